The van der Waals surface area contributed by atoms with Gasteiger partial charge in [0.2, 0.25) is 0 Å². The second kappa shape index (κ2) is 13.9. The van der Waals surface area contributed by atoms with Crippen molar-refractivity contribution in [1.82, 2.24) is 4.98 Å². The Bertz CT molecular complexity index is 811. The second-order valence-electron chi connectivity index (χ2n) is 5.10. The summed E-state index contributed by atoms with van der Waals surface area (Å²) >= 11 is 0. The molecule has 3 N–H and O–H groups in total. The number of aromatic nitrogens is 1. The largest absolute Gasteiger partial charge is 0.382 e. The molecular weight excluding hydrogens is 350 g/mol. The predicted octanol–water partition coefficient (Wildman–Crippen LogP) is 4.72. The quantitative estimate of drug-likeness (QED) is 0.580. The number of pyridine rings is 1. The standard InChI is InChI=1S/C18H19N5O.2C2H6/c1-12-7-4-5-9-15(12)23-18(24)16(17(19)20-3)22-13(2)14-8-6-10-21-11-14;2*1-2/h4-11H,3,19H2,1-2H3,(H,23,24);2*1-2H3/b17-16-,22-13?;;. The van der Waals surface area contributed by atoms with Crippen LogP contribution >= 0.6 is 0 Å². The number of hydrogen-bond acceptors (Lipinski definition) is 5. The van der Waals surface area contributed by atoms with E-state index in [0.717, 1.165) is 11.1 Å². The van der Waals surface area contributed by atoms with Crippen molar-refractivity contribution in [1.29, 1.82) is 0 Å². The number of rotatable bonds is 5. The third-order valence-electron chi connectivity index (χ3n) is 3.38. The fourth-order valence-corrected chi connectivity index (χ4v) is 2.00. The summed E-state index contributed by atoms with van der Waals surface area (Å²) in [5, 5.41) is 2.80. The fraction of sp³-hybridized carbons (Fsp3) is 0.273. The van der Waals surface area contributed by atoms with Crippen LogP contribution in [-0.2, 0) is 4.79 Å². The number of aliphatic imine (C=N–C) groups is 2. The molecule has 0 radical (unpaired) electrons. The molecule has 1 heterocycles. The number of benzene rings is 1. The van der Waals surface area contributed by atoms with Crippen LogP contribution < -0.4 is 11.1 Å². The number of nitrogens with two attached hydrogens (primary N) is 1. The minimum Gasteiger partial charge on any atom is -0.382 e. The lowest BCUT2D eigenvalue weighted by atomic mass is 10.2. The Kier molecular flexibility index (Phi) is 12.2. The zero-order valence-electron chi connectivity index (χ0n) is 17.7. The molecule has 1 amide bonds. The first-order valence-corrected chi connectivity index (χ1v) is 9.32. The summed E-state index contributed by atoms with van der Waals surface area (Å²) in [5.74, 6) is -0.484. The van der Waals surface area contributed by atoms with Gasteiger partial charge in [-0.05, 0) is 38.3 Å². The van der Waals surface area contributed by atoms with Crippen molar-refractivity contribution in [2.45, 2.75) is 41.5 Å². The molecule has 0 saturated carbocycles. The van der Waals surface area contributed by atoms with Crippen LogP contribution in [0.2, 0.25) is 0 Å². The number of aryl methyl sites for hydroxylation is 1. The van der Waals surface area contributed by atoms with Gasteiger partial charge in [-0.25, -0.2) is 9.98 Å². The summed E-state index contributed by atoms with van der Waals surface area (Å²) in [7, 11) is 0. The highest BCUT2D eigenvalue weighted by molar-refractivity contribution is 6.08. The van der Waals surface area contributed by atoms with Crippen LogP contribution in [0.5, 0.6) is 0 Å². The maximum atomic E-state index is 12.6. The molecule has 0 aliphatic heterocycles. The SMILES string of the molecule is C=N/C(N)=C(\N=C(C)c1cccnc1)C(=O)Nc1ccccc1C.CC.CC. The number of para-hydroxylation sites is 1. The molecule has 0 fully saturated rings. The Morgan fingerprint density at radius 3 is 2.29 bits per heavy atom. The topological polar surface area (TPSA) is 92.7 Å². The molecule has 2 rings (SSSR count). The second-order valence-corrected chi connectivity index (χ2v) is 5.10. The van der Waals surface area contributed by atoms with Gasteiger partial charge in [0.1, 0.15) is 0 Å². The third kappa shape index (κ3) is 7.53. The highest BCUT2D eigenvalue weighted by Gasteiger charge is 2.15. The van der Waals surface area contributed by atoms with Crippen molar-refractivity contribution >= 4 is 24.0 Å². The van der Waals surface area contributed by atoms with Gasteiger partial charge >= 0.3 is 0 Å². The van der Waals surface area contributed by atoms with Crippen LogP contribution in [0.1, 0.15) is 45.7 Å². The van der Waals surface area contributed by atoms with Crippen molar-refractivity contribution in [2.75, 3.05) is 5.32 Å². The van der Waals surface area contributed by atoms with E-state index in [-0.39, 0.29) is 11.5 Å². The summed E-state index contributed by atoms with van der Waals surface area (Å²) in [6.07, 6.45) is 3.32. The van der Waals surface area contributed by atoms with Crippen molar-refractivity contribution in [3.8, 4) is 0 Å². The van der Waals surface area contributed by atoms with E-state index in [9.17, 15) is 4.79 Å². The Hall–Kier alpha value is -3.28. The molecule has 1 aromatic carbocycles. The molecule has 2 aromatic rings. The Morgan fingerprint density at radius 2 is 1.75 bits per heavy atom. The Balaban J connectivity index is 0.00000171. The zero-order valence-corrected chi connectivity index (χ0v) is 17.7. The van der Waals surface area contributed by atoms with Crippen LogP contribution in [0.25, 0.3) is 0 Å². The normalized spacial score (nSPS) is 11.0. The fourth-order valence-electron chi connectivity index (χ4n) is 2.00. The number of carbonyl (C=O) groups is 1. The van der Waals surface area contributed by atoms with E-state index >= 15 is 0 Å². The van der Waals surface area contributed by atoms with E-state index < -0.39 is 5.91 Å². The summed E-state index contributed by atoms with van der Waals surface area (Å²) < 4.78 is 0. The molecule has 0 atom stereocenters. The van der Waals surface area contributed by atoms with Crippen molar-refractivity contribution in [3.05, 3.63) is 71.4 Å². The smallest absolute Gasteiger partial charge is 0.278 e. The highest BCUT2D eigenvalue weighted by atomic mass is 16.2. The maximum Gasteiger partial charge on any atom is 0.278 e. The number of amides is 1. The Labute approximate surface area is 168 Å². The van der Waals surface area contributed by atoms with Crippen LogP contribution in [0.4, 0.5) is 5.69 Å². The van der Waals surface area contributed by atoms with Gasteiger partial charge < -0.3 is 11.1 Å². The first kappa shape index (κ1) is 24.7. The molecule has 1 aromatic heterocycles. The van der Waals surface area contributed by atoms with Gasteiger partial charge in [0, 0.05) is 29.4 Å². The van der Waals surface area contributed by atoms with E-state index in [0.29, 0.717) is 11.4 Å². The van der Waals surface area contributed by atoms with Gasteiger partial charge in [-0.15, -0.1) is 0 Å². The van der Waals surface area contributed by atoms with Gasteiger partial charge in [0.25, 0.3) is 5.91 Å². The molecular formula is C22H31N5O. The van der Waals surface area contributed by atoms with E-state index in [2.05, 4.69) is 27.0 Å². The van der Waals surface area contributed by atoms with Gasteiger partial charge in [0.15, 0.2) is 11.5 Å². The molecule has 150 valence electrons. The molecule has 0 aliphatic rings. The number of anilines is 1. The van der Waals surface area contributed by atoms with Gasteiger partial charge in [-0.3, -0.25) is 9.78 Å². The number of hydrogen-bond donors (Lipinski definition) is 2. The highest BCUT2D eigenvalue weighted by Crippen LogP contribution is 2.16. The van der Waals surface area contributed by atoms with E-state index in [1.54, 1.807) is 31.5 Å². The average Bonchev–Trinajstić information content (AvgIpc) is 2.76. The summed E-state index contributed by atoms with van der Waals surface area (Å²) in [4.78, 5) is 24.6. The monoisotopic (exact) mass is 381 g/mol. The lowest BCUT2D eigenvalue weighted by molar-refractivity contribution is -0.112. The summed E-state index contributed by atoms with van der Waals surface area (Å²) in [6.45, 7) is 15.0. The van der Waals surface area contributed by atoms with Crippen molar-refractivity contribution in [3.63, 3.8) is 0 Å². The van der Waals surface area contributed by atoms with Crippen LogP contribution in [0, 0.1) is 6.92 Å². The van der Waals surface area contributed by atoms with Gasteiger partial charge in [-0.1, -0.05) is 52.0 Å². The molecule has 6 heteroatoms. The summed E-state index contributed by atoms with van der Waals surface area (Å²) in [6, 6.07) is 11.1. The van der Waals surface area contributed by atoms with Crippen LogP contribution in [0.3, 0.4) is 0 Å². The Morgan fingerprint density at radius 1 is 1.11 bits per heavy atom. The first-order chi connectivity index (χ1) is 13.5. The van der Waals surface area contributed by atoms with E-state index in [1.807, 2.05) is 58.9 Å². The minimum absolute atomic E-state index is 0.00889. The van der Waals surface area contributed by atoms with Crippen molar-refractivity contribution < 1.29 is 4.79 Å². The molecule has 6 nitrogen and oxygen atoms in total. The number of nitrogens with one attached hydrogen (secondary N) is 1. The van der Waals surface area contributed by atoms with Gasteiger partial charge in [0.05, 0.1) is 0 Å². The summed E-state index contributed by atoms with van der Waals surface area (Å²) in [5.41, 5.74) is 8.82. The first-order valence-electron chi connectivity index (χ1n) is 9.32. The van der Waals surface area contributed by atoms with Crippen molar-refractivity contribution in [2.24, 2.45) is 15.7 Å². The zero-order chi connectivity index (χ0) is 21.5. The molecule has 28 heavy (non-hydrogen) atoms. The van der Waals surface area contributed by atoms with Crippen LogP contribution in [0.15, 0.2) is 70.3 Å². The van der Waals surface area contributed by atoms with Crippen LogP contribution in [-0.4, -0.2) is 23.3 Å². The average molecular weight is 382 g/mol. The third-order valence-corrected chi connectivity index (χ3v) is 3.38. The lowest BCUT2D eigenvalue weighted by Crippen LogP contribution is -2.18. The lowest BCUT2D eigenvalue weighted by Gasteiger charge is -2.10. The van der Waals surface area contributed by atoms with Gasteiger partial charge in [-0.2, -0.15) is 0 Å². The molecule has 0 saturated heterocycles. The molecule has 0 bridgehead atoms. The predicted molar refractivity (Wildman–Crippen MR) is 120 cm³/mol. The number of nitrogens with zero attached hydrogens (tertiary/aromatic N) is 3. The molecule has 0 unspecified atom stereocenters. The van der Waals surface area contributed by atoms with E-state index in [1.165, 1.54) is 0 Å². The maximum absolute atomic E-state index is 12.6. The molecule has 0 aliphatic carbocycles. The van der Waals surface area contributed by atoms with E-state index in [4.69, 9.17) is 5.73 Å². The molecule has 0 spiro atoms. The minimum atomic E-state index is -0.447. The number of carbonyl (C=O) groups excluding carboxylic acids is 1.